The molecule has 0 spiro atoms. The van der Waals surface area contributed by atoms with Crippen molar-refractivity contribution in [2.45, 2.75) is 31.9 Å². The number of hydrogen-bond donors (Lipinski definition) is 2. The Morgan fingerprint density at radius 1 is 1.58 bits per heavy atom. The van der Waals surface area contributed by atoms with Crippen LogP contribution >= 0.6 is 11.6 Å². The van der Waals surface area contributed by atoms with Crippen LogP contribution in [-0.2, 0) is 4.74 Å². The molecule has 0 radical (unpaired) electrons. The van der Waals surface area contributed by atoms with E-state index in [9.17, 15) is 4.79 Å². The second-order valence-electron chi connectivity index (χ2n) is 4.95. The third kappa shape index (κ3) is 2.98. The van der Waals surface area contributed by atoms with Crippen molar-refractivity contribution < 1.29 is 9.53 Å². The van der Waals surface area contributed by atoms with Gasteiger partial charge in [-0.15, -0.1) is 0 Å². The molecule has 2 unspecified atom stereocenters. The quantitative estimate of drug-likeness (QED) is 0.834. The molecule has 5 nitrogen and oxygen atoms in total. The van der Waals surface area contributed by atoms with Gasteiger partial charge in [0.25, 0.3) is 5.91 Å². The fourth-order valence-corrected chi connectivity index (χ4v) is 2.30. The van der Waals surface area contributed by atoms with E-state index in [1.807, 2.05) is 13.8 Å². The zero-order valence-corrected chi connectivity index (χ0v) is 12.0. The number of nitrogens with one attached hydrogen (secondary N) is 2. The molecule has 1 aromatic rings. The number of ether oxygens (including phenoxy) is 1. The first-order valence-electron chi connectivity index (χ1n) is 6.24. The Morgan fingerprint density at radius 3 is 2.89 bits per heavy atom. The number of pyridine rings is 1. The number of aromatic nitrogens is 1. The van der Waals surface area contributed by atoms with E-state index in [-0.39, 0.29) is 22.7 Å². The summed E-state index contributed by atoms with van der Waals surface area (Å²) in [6, 6.07) is 3.23. The third-order valence-electron chi connectivity index (χ3n) is 3.60. The molecule has 0 aliphatic carbocycles. The Kier molecular flexibility index (Phi) is 3.96. The topological polar surface area (TPSA) is 63.2 Å². The van der Waals surface area contributed by atoms with Crippen molar-refractivity contribution in [3.8, 4) is 0 Å². The molecular weight excluding hydrogens is 266 g/mol. The second-order valence-corrected chi connectivity index (χ2v) is 5.34. The van der Waals surface area contributed by atoms with Crippen molar-refractivity contribution in [3.63, 3.8) is 0 Å². The van der Waals surface area contributed by atoms with Gasteiger partial charge in [-0.2, -0.15) is 0 Å². The summed E-state index contributed by atoms with van der Waals surface area (Å²) in [7, 11) is 1.73. The van der Waals surface area contributed by atoms with Gasteiger partial charge < -0.3 is 15.4 Å². The highest BCUT2D eigenvalue weighted by Crippen LogP contribution is 2.26. The van der Waals surface area contributed by atoms with Gasteiger partial charge in [0.1, 0.15) is 11.0 Å². The number of anilines is 1. The van der Waals surface area contributed by atoms with Crippen LogP contribution < -0.4 is 10.6 Å². The highest BCUT2D eigenvalue weighted by atomic mass is 35.5. The van der Waals surface area contributed by atoms with Crippen molar-refractivity contribution in [1.29, 1.82) is 0 Å². The van der Waals surface area contributed by atoms with E-state index in [4.69, 9.17) is 16.3 Å². The molecule has 1 aliphatic heterocycles. The SMILES string of the molecule is CNc1cc(C(=O)NC2(C)CCOC2C)cc(Cl)n1. The monoisotopic (exact) mass is 283 g/mol. The molecule has 2 heterocycles. The molecule has 1 amide bonds. The predicted octanol–water partition coefficient (Wildman–Crippen LogP) is 2.07. The first-order valence-corrected chi connectivity index (χ1v) is 6.62. The molecule has 0 saturated carbocycles. The van der Waals surface area contributed by atoms with Crippen molar-refractivity contribution in [1.82, 2.24) is 10.3 Å². The minimum atomic E-state index is -0.341. The summed E-state index contributed by atoms with van der Waals surface area (Å²) in [4.78, 5) is 16.3. The van der Waals surface area contributed by atoms with Gasteiger partial charge in [-0.3, -0.25) is 4.79 Å². The fraction of sp³-hybridized carbons (Fsp3) is 0.538. The van der Waals surface area contributed by atoms with E-state index in [0.717, 1.165) is 6.42 Å². The highest BCUT2D eigenvalue weighted by molar-refractivity contribution is 6.29. The lowest BCUT2D eigenvalue weighted by Gasteiger charge is -2.28. The van der Waals surface area contributed by atoms with Crippen molar-refractivity contribution >= 4 is 23.3 Å². The fourth-order valence-electron chi connectivity index (χ4n) is 2.09. The normalized spacial score (nSPS) is 26.2. The number of amides is 1. The minimum Gasteiger partial charge on any atom is -0.376 e. The van der Waals surface area contributed by atoms with E-state index < -0.39 is 0 Å². The average Bonchev–Trinajstić information content (AvgIpc) is 2.68. The van der Waals surface area contributed by atoms with Gasteiger partial charge in [0.2, 0.25) is 0 Å². The third-order valence-corrected chi connectivity index (χ3v) is 3.79. The van der Waals surface area contributed by atoms with Crippen LogP contribution in [0.15, 0.2) is 12.1 Å². The largest absolute Gasteiger partial charge is 0.376 e. The van der Waals surface area contributed by atoms with Crippen molar-refractivity contribution in [2.75, 3.05) is 19.0 Å². The average molecular weight is 284 g/mol. The molecule has 0 bridgehead atoms. The predicted molar refractivity (Wildman–Crippen MR) is 74.7 cm³/mol. The van der Waals surface area contributed by atoms with Gasteiger partial charge >= 0.3 is 0 Å². The molecule has 1 fully saturated rings. The Morgan fingerprint density at radius 2 is 2.32 bits per heavy atom. The lowest BCUT2D eigenvalue weighted by Crippen LogP contribution is -2.50. The van der Waals surface area contributed by atoms with E-state index in [1.165, 1.54) is 0 Å². The van der Waals surface area contributed by atoms with Crippen molar-refractivity contribution in [2.24, 2.45) is 0 Å². The molecule has 6 heteroatoms. The van der Waals surface area contributed by atoms with Crippen LogP contribution in [-0.4, -0.2) is 36.2 Å². The second kappa shape index (κ2) is 5.35. The van der Waals surface area contributed by atoms with Crippen LogP contribution in [0.4, 0.5) is 5.82 Å². The van der Waals surface area contributed by atoms with E-state index in [2.05, 4.69) is 15.6 Å². The number of carbonyl (C=O) groups is 1. The summed E-state index contributed by atoms with van der Waals surface area (Å²) in [5, 5.41) is 6.19. The Balaban J connectivity index is 2.18. The lowest BCUT2D eigenvalue weighted by molar-refractivity contribution is 0.0727. The number of halogens is 1. The van der Waals surface area contributed by atoms with Crippen LogP contribution in [0.5, 0.6) is 0 Å². The Hall–Kier alpha value is -1.33. The minimum absolute atomic E-state index is 0.00229. The molecule has 0 aromatic carbocycles. The van der Waals surface area contributed by atoms with Crippen molar-refractivity contribution in [3.05, 3.63) is 22.8 Å². The van der Waals surface area contributed by atoms with Crippen LogP contribution in [0.25, 0.3) is 0 Å². The van der Waals surface area contributed by atoms with E-state index in [0.29, 0.717) is 18.0 Å². The smallest absolute Gasteiger partial charge is 0.252 e. The molecular formula is C13H18ClN3O2. The molecule has 19 heavy (non-hydrogen) atoms. The maximum atomic E-state index is 12.3. The summed E-state index contributed by atoms with van der Waals surface area (Å²) in [5.74, 6) is 0.402. The van der Waals surface area contributed by atoms with Crippen LogP contribution in [0.1, 0.15) is 30.6 Å². The van der Waals surface area contributed by atoms with Gasteiger partial charge in [-0.25, -0.2) is 4.98 Å². The first-order chi connectivity index (χ1) is 8.94. The molecule has 2 atom stereocenters. The molecule has 2 N–H and O–H groups in total. The van der Waals surface area contributed by atoms with Gasteiger partial charge in [-0.1, -0.05) is 11.6 Å². The van der Waals surface area contributed by atoms with Crippen LogP contribution in [0.2, 0.25) is 5.15 Å². The number of hydrogen-bond acceptors (Lipinski definition) is 4. The molecule has 2 rings (SSSR count). The van der Waals surface area contributed by atoms with E-state index >= 15 is 0 Å². The molecule has 1 aliphatic rings. The summed E-state index contributed by atoms with van der Waals surface area (Å²) < 4.78 is 5.51. The lowest BCUT2D eigenvalue weighted by atomic mass is 9.94. The maximum Gasteiger partial charge on any atom is 0.252 e. The Bertz CT molecular complexity index is 495. The standard InChI is InChI=1S/C13H18ClN3O2/c1-8-13(2,4-5-19-8)17-12(18)9-6-10(14)16-11(7-9)15-3/h6-8H,4-5H2,1-3H3,(H,15,16)(H,17,18). The molecule has 104 valence electrons. The van der Waals surface area contributed by atoms with Gasteiger partial charge in [0.05, 0.1) is 11.6 Å². The summed E-state index contributed by atoms with van der Waals surface area (Å²) in [6.45, 7) is 4.62. The zero-order chi connectivity index (χ0) is 14.0. The van der Waals surface area contributed by atoms with Crippen LogP contribution in [0, 0.1) is 0 Å². The number of nitrogens with zero attached hydrogens (tertiary/aromatic N) is 1. The zero-order valence-electron chi connectivity index (χ0n) is 11.3. The van der Waals surface area contributed by atoms with E-state index in [1.54, 1.807) is 19.2 Å². The highest BCUT2D eigenvalue weighted by Gasteiger charge is 2.38. The van der Waals surface area contributed by atoms with Crippen LogP contribution in [0.3, 0.4) is 0 Å². The van der Waals surface area contributed by atoms with Gasteiger partial charge in [0.15, 0.2) is 0 Å². The maximum absolute atomic E-state index is 12.3. The first kappa shape index (κ1) is 14.1. The molecule has 1 saturated heterocycles. The number of carbonyl (C=O) groups excluding carboxylic acids is 1. The van der Waals surface area contributed by atoms with Gasteiger partial charge in [-0.05, 0) is 32.4 Å². The van der Waals surface area contributed by atoms with Gasteiger partial charge in [0, 0.05) is 19.2 Å². The summed E-state index contributed by atoms with van der Waals surface area (Å²) in [5.41, 5.74) is 0.150. The number of rotatable bonds is 3. The Labute approximate surface area is 117 Å². The molecule has 1 aromatic heterocycles. The summed E-state index contributed by atoms with van der Waals surface area (Å²) in [6.07, 6.45) is 0.801. The summed E-state index contributed by atoms with van der Waals surface area (Å²) >= 11 is 5.90.